The molecule has 0 saturated carbocycles. The molecule has 86 valence electrons. The van der Waals surface area contributed by atoms with Crippen LogP contribution in [0.3, 0.4) is 0 Å². The predicted octanol–water partition coefficient (Wildman–Crippen LogP) is 3.15. The van der Waals surface area contributed by atoms with E-state index < -0.39 is 0 Å². The molecule has 3 heteroatoms. The normalized spacial score (nSPS) is 10.2. The fourth-order valence-electron chi connectivity index (χ4n) is 1.66. The number of nitrogens with two attached hydrogens (primary N) is 1. The van der Waals surface area contributed by atoms with Crippen molar-refractivity contribution in [2.24, 2.45) is 5.73 Å². The second-order valence-corrected chi connectivity index (χ2v) is 4.15. The van der Waals surface area contributed by atoms with E-state index in [9.17, 15) is 4.79 Å². The highest BCUT2D eigenvalue weighted by atomic mass is 35.5. The van der Waals surface area contributed by atoms with Gasteiger partial charge in [-0.05, 0) is 29.3 Å². The molecular weight excluding hydrogens is 234 g/mol. The third-order valence-electron chi connectivity index (χ3n) is 2.53. The van der Waals surface area contributed by atoms with E-state index in [1.807, 2.05) is 42.5 Å². The lowest BCUT2D eigenvalue weighted by Crippen LogP contribution is -2.13. The molecule has 17 heavy (non-hydrogen) atoms. The van der Waals surface area contributed by atoms with Crippen molar-refractivity contribution in [3.63, 3.8) is 0 Å². The molecule has 2 nitrogen and oxygen atoms in total. The number of Topliss-reactive ketones (excluding diaryl/α,β-unsaturated/α-hetero) is 1. The van der Waals surface area contributed by atoms with Crippen LogP contribution in [0, 0.1) is 0 Å². The monoisotopic (exact) mass is 245 g/mol. The van der Waals surface area contributed by atoms with E-state index in [0.29, 0.717) is 10.6 Å². The summed E-state index contributed by atoms with van der Waals surface area (Å²) >= 11 is 5.94. The zero-order valence-corrected chi connectivity index (χ0v) is 9.95. The SMILES string of the molecule is NCC(=O)c1cccc(-c2cccc(Cl)c2)c1. The summed E-state index contributed by atoms with van der Waals surface area (Å²) in [5.41, 5.74) is 7.93. The molecule has 0 spiro atoms. The lowest BCUT2D eigenvalue weighted by Gasteiger charge is -2.04. The Hall–Kier alpha value is -1.64. The van der Waals surface area contributed by atoms with Crippen LogP contribution < -0.4 is 5.73 Å². The highest BCUT2D eigenvalue weighted by Gasteiger charge is 2.05. The number of hydrogen-bond acceptors (Lipinski definition) is 2. The van der Waals surface area contributed by atoms with Gasteiger partial charge in [0.05, 0.1) is 6.54 Å². The summed E-state index contributed by atoms with van der Waals surface area (Å²) in [5, 5.41) is 0.679. The summed E-state index contributed by atoms with van der Waals surface area (Å²) < 4.78 is 0. The smallest absolute Gasteiger partial charge is 0.176 e. The van der Waals surface area contributed by atoms with Crippen molar-refractivity contribution >= 4 is 17.4 Å². The minimum absolute atomic E-state index is 0.0268. The second-order valence-electron chi connectivity index (χ2n) is 3.72. The van der Waals surface area contributed by atoms with E-state index in [4.69, 9.17) is 17.3 Å². The molecule has 0 aliphatic carbocycles. The first-order chi connectivity index (χ1) is 8.20. The maximum Gasteiger partial charge on any atom is 0.176 e. The van der Waals surface area contributed by atoms with Gasteiger partial charge in [-0.15, -0.1) is 0 Å². The van der Waals surface area contributed by atoms with Gasteiger partial charge >= 0.3 is 0 Å². The topological polar surface area (TPSA) is 43.1 Å². The molecule has 2 aromatic rings. The van der Waals surface area contributed by atoms with Gasteiger partial charge in [0.15, 0.2) is 5.78 Å². The van der Waals surface area contributed by atoms with Crippen LogP contribution in [-0.4, -0.2) is 12.3 Å². The Morgan fingerprint density at radius 2 is 1.71 bits per heavy atom. The van der Waals surface area contributed by atoms with E-state index in [0.717, 1.165) is 11.1 Å². The Morgan fingerprint density at radius 3 is 2.35 bits per heavy atom. The Labute approximate surface area is 105 Å². The van der Waals surface area contributed by atoms with Crippen LogP contribution in [0.4, 0.5) is 0 Å². The molecule has 0 saturated heterocycles. The van der Waals surface area contributed by atoms with Gasteiger partial charge in [0.25, 0.3) is 0 Å². The molecule has 2 aromatic carbocycles. The molecule has 0 bridgehead atoms. The molecule has 0 atom stereocenters. The van der Waals surface area contributed by atoms with Crippen LogP contribution in [-0.2, 0) is 0 Å². The minimum atomic E-state index is -0.0612. The molecule has 0 amide bonds. The van der Waals surface area contributed by atoms with Gasteiger partial charge in [0, 0.05) is 10.6 Å². The Balaban J connectivity index is 2.43. The summed E-state index contributed by atoms with van der Waals surface area (Å²) in [5.74, 6) is -0.0612. The van der Waals surface area contributed by atoms with E-state index >= 15 is 0 Å². The van der Waals surface area contributed by atoms with E-state index in [1.54, 1.807) is 6.07 Å². The molecule has 0 fully saturated rings. The molecule has 0 aliphatic rings. The van der Waals surface area contributed by atoms with Crippen molar-refractivity contribution in [3.8, 4) is 11.1 Å². The van der Waals surface area contributed by atoms with Gasteiger partial charge < -0.3 is 5.73 Å². The summed E-state index contributed by atoms with van der Waals surface area (Å²) in [6.07, 6.45) is 0. The summed E-state index contributed by atoms with van der Waals surface area (Å²) in [6.45, 7) is 0.0268. The van der Waals surface area contributed by atoms with Gasteiger partial charge in [-0.3, -0.25) is 4.79 Å². The highest BCUT2D eigenvalue weighted by molar-refractivity contribution is 6.30. The van der Waals surface area contributed by atoms with E-state index in [2.05, 4.69) is 0 Å². The van der Waals surface area contributed by atoms with Crippen molar-refractivity contribution in [1.82, 2.24) is 0 Å². The van der Waals surface area contributed by atoms with Crippen LogP contribution in [0.2, 0.25) is 5.02 Å². The molecule has 0 unspecified atom stereocenters. The largest absolute Gasteiger partial charge is 0.324 e. The molecule has 0 radical (unpaired) electrons. The zero-order chi connectivity index (χ0) is 12.3. The molecule has 0 aliphatic heterocycles. The van der Waals surface area contributed by atoms with Crippen LogP contribution in [0.5, 0.6) is 0 Å². The summed E-state index contributed by atoms with van der Waals surface area (Å²) in [7, 11) is 0. The van der Waals surface area contributed by atoms with Crippen molar-refractivity contribution in [1.29, 1.82) is 0 Å². The Morgan fingerprint density at radius 1 is 1.06 bits per heavy atom. The van der Waals surface area contributed by atoms with Crippen LogP contribution in [0.15, 0.2) is 48.5 Å². The first-order valence-electron chi connectivity index (χ1n) is 5.30. The minimum Gasteiger partial charge on any atom is -0.324 e. The number of halogens is 1. The number of benzene rings is 2. The number of ketones is 1. The number of rotatable bonds is 3. The van der Waals surface area contributed by atoms with Gasteiger partial charge in [0.2, 0.25) is 0 Å². The fourth-order valence-corrected chi connectivity index (χ4v) is 1.85. The number of carbonyl (C=O) groups excluding carboxylic acids is 1. The third-order valence-corrected chi connectivity index (χ3v) is 2.76. The predicted molar refractivity (Wildman–Crippen MR) is 70.3 cm³/mol. The quantitative estimate of drug-likeness (QED) is 0.845. The standard InChI is InChI=1S/C14H12ClNO/c15-13-6-2-4-11(8-13)10-3-1-5-12(7-10)14(17)9-16/h1-8H,9,16H2. The van der Waals surface area contributed by atoms with Gasteiger partial charge in [-0.2, -0.15) is 0 Å². The maximum absolute atomic E-state index is 11.5. The van der Waals surface area contributed by atoms with Gasteiger partial charge in [-0.1, -0.05) is 41.9 Å². The van der Waals surface area contributed by atoms with E-state index in [1.165, 1.54) is 0 Å². The zero-order valence-electron chi connectivity index (χ0n) is 9.19. The molecular formula is C14H12ClNO. The van der Waals surface area contributed by atoms with Crippen molar-refractivity contribution in [2.45, 2.75) is 0 Å². The molecule has 2 N–H and O–H groups in total. The van der Waals surface area contributed by atoms with Gasteiger partial charge in [-0.25, -0.2) is 0 Å². The summed E-state index contributed by atoms with van der Waals surface area (Å²) in [4.78, 5) is 11.5. The summed E-state index contributed by atoms with van der Waals surface area (Å²) in [6, 6.07) is 14.9. The molecule has 0 heterocycles. The number of carbonyl (C=O) groups is 1. The molecule has 2 rings (SSSR count). The fraction of sp³-hybridized carbons (Fsp3) is 0.0714. The van der Waals surface area contributed by atoms with Crippen LogP contribution in [0.25, 0.3) is 11.1 Å². The number of hydrogen-bond donors (Lipinski definition) is 1. The lowest BCUT2D eigenvalue weighted by atomic mass is 10.0. The maximum atomic E-state index is 11.5. The average molecular weight is 246 g/mol. The Kier molecular flexibility index (Phi) is 3.57. The molecule has 0 aromatic heterocycles. The average Bonchev–Trinajstić information content (AvgIpc) is 2.38. The van der Waals surface area contributed by atoms with E-state index in [-0.39, 0.29) is 12.3 Å². The van der Waals surface area contributed by atoms with Crippen molar-refractivity contribution < 1.29 is 4.79 Å². The highest BCUT2D eigenvalue weighted by Crippen LogP contribution is 2.23. The Bertz CT molecular complexity index is 551. The van der Waals surface area contributed by atoms with Crippen molar-refractivity contribution in [3.05, 3.63) is 59.1 Å². The van der Waals surface area contributed by atoms with Crippen LogP contribution in [0.1, 0.15) is 10.4 Å². The first kappa shape index (κ1) is 11.8. The lowest BCUT2D eigenvalue weighted by molar-refractivity contribution is 0.100. The second kappa shape index (κ2) is 5.13. The van der Waals surface area contributed by atoms with Crippen LogP contribution >= 0.6 is 11.6 Å². The van der Waals surface area contributed by atoms with Crippen molar-refractivity contribution in [2.75, 3.05) is 6.54 Å². The van der Waals surface area contributed by atoms with Gasteiger partial charge in [0.1, 0.15) is 0 Å². The first-order valence-corrected chi connectivity index (χ1v) is 5.68. The third kappa shape index (κ3) is 2.73.